The van der Waals surface area contributed by atoms with E-state index in [1.165, 1.54) is 23.6 Å². The van der Waals surface area contributed by atoms with Crippen LogP contribution in [0.3, 0.4) is 0 Å². The predicted octanol–water partition coefficient (Wildman–Crippen LogP) is 4.82. The smallest absolute Gasteiger partial charge is 0.341 e. The molecule has 3 N–H and O–H groups in total. The number of amides is 2. The number of hydrogen-bond acceptors (Lipinski definition) is 9. The number of nitrogens with one attached hydrogen (secondary N) is 2. The molecule has 0 saturated heterocycles. The van der Waals surface area contributed by atoms with E-state index in [-0.39, 0.29) is 12.4 Å². The zero-order valence-corrected chi connectivity index (χ0v) is 23.2. The van der Waals surface area contributed by atoms with Crippen LogP contribution in [-0.4, -0.2) is 48.4 Å². The summed E-state index contributed by atoms with van der Waals surface area (Å²) < 4.78 is 16.1. The number of thiophene rings is 1. The van der Waals surface area contributed by atoms with Crippen molar-refractivity contribution in [2.24, 2.45) is 5.10 Å². The highest BCUT2D eigenvalue weighted by Gasteiger charge is 2.22. The Bertz CT molecular complexity index is 1370. The molecule has 1 aromatic heterocycles. The summed E-state index contributed by atoms with van der Waals surface area (Å²) in [6.45, 7) is 9.42. The number of aryl methyl sites for hydroxylation is 1. The Hall–Kier alpha value is -4.38. The zero-order chi connectivity index (χ0) is 28.5. The topological polar surface area (TPSA) is 136 Å². The Kier molecular flexibility index (Phi) is 10.0. The SMILES string of the molecule is CCOC(=O)c1c(NC(=O)c2ccc(O[C@H](C)C(=O)N/N=C\c3ccc(O)c(OCC)c3)cc2)sc(C)c1C. The largest absolute Gasteiger partial charge is 0.504 e. The molecule has 3 rings (SSSR count). The Labute approximate surface area is 230 Å². The van der Waals surface area contributed by atoms with Gasteiger partial charge in [0.05, 0.1) is 25.0 Å². The molecule has 2 aromatic carbocycles. The van der Waals surface area contributed by atoms with E-state index in [2.05, 4.69) is 15.8 Å². The van der Waals surface area contributed by atoms with Crippen LogP contribution in [0.5, 0.6) is 17.2 Å². The highest BCUT2D eigenvalue weighted by atomic mass is 32.1. The normalized spacial score (nSPS) is 11.6. The number of aromatic hydroxyl groups is 1. The van der Waals surface area contributed by atoms with Crippen LogP contribution in [-0.2, 0) is 9.53 Å². The fraction of sp³-hybridized carbons (Fsp3) is 0.286. The van der Waals surface area contributed by atoms with E-state index in [4.69, 9.17) is 14.2 Å². The third-order valence-electron chi connectivity index (χ3n) is 5.56. The van der Waals surface area contributed by atoms with Gasteiger partial charge < -0.3 is 24.6 Å². The van der Waals surface area contributed by atoms with Crippen molar-refractivity contribution in [2.45, 2.75) is 40.7 Å². The molecular weight excluding hydrogens is 522 g/mol. The van der Waals surface area contributed by atoms with Crippen LogP contribution in [0.2, 0.25) is 0 Å². The van der Waals surface area contributed by atoms with Crippen molar-refractivity contribution in [3.8, 4) is 17.2 Å². The summed E-state index contributed by atoms with van der Waals surface area (Å²) >= 11 is 1.31. The highest BCUT2D eigenvalue weighted by Crippen LogP contribution is 2.33. The van der Waals surface area contributed by atoms with Gasteiger partial charge >= 0.3 is 5.97 Å². The third-order valence-corrected chi connectivity index (χ3v) is 6.69. The van der Waals surface area contributed by atoms with Gasteiger partial charge in [-0.05, 0) is 88.2 Å². The molecule has 10 nitrogen and oxygen atoms in total. The van der Waals surface area contributed by atoms with Gasteiger partial charge in [-0.2, -0.15) is 5.10 Å². The van der Waals surface area contributed by atoms with Crippen molar-refractivity contribution < 1.29 is 33.7 Å². The predicted molar refractivity (Wildman–Crippen MR) is 149 cm³/mol. The minimum absolute atomic E-state index is 0.0155. The van der Waals surface area contributed by atoms with Crippen molar-refractivity contribution in [1.82, 2.24) is 5.43 Å². The summed E-state index contributed by atoms with van der Waals surface area (Å²) in [7, 11) is 0. The van der Waals surface area contributed by atoms with Gasteiger partial charge in [0.1, 0.15) is 10.8 Å². The molecule has 0 radical (unpaired) electrons. The molecule has 3 aromatic rings. The fourth-order valence-corrected chi connectivity index (χ4v) is 4.47. The second kappa shape index (κ2) is 13.4. The molecule has 0 aliphatic carbocycles. The number of phenolic OH excluding ortho intramolecular Hbond substituents is 1. The average Bonchev–Trinajstić information content (AvgIpc) is 3.18. The highest BCUT2D eigenvalue weighted by molar-refractivity contribution is 7.16. The Balaban J connectivity index is 1.58. The van der Waals surface area contributed by atoms with E-state index in [9.17, 15) is 19.5 Å². The fourth-order valence-electron chi connectivity index (χ4n) is 3.43. The first-order valence-corrected chi connectivity index (χ1v) is 13.1. The van der Waals surface area contributed by atoms with E-state index in [0.717, 1.165) is 10.4 Å². The number of anilines is 1. The standard InChI is InChI=1S/C28H31N3O7S/c1-6-36-23-14-19(8-13-22(23)32)15-29-31-25(33)17(4)38-21-11-9-20(10-12-21)26(34)30-27-24(28(35)37-7-2)16(3)18(5)39-27/h8-15,17,32H,6-7H2,1-5H3,(H,30,34)(H,31,33)/b29-15-/t17-/m1/s1. The molecule has 0 fully saturated rings. The number of hydrazone groups is 1. The van der Waals surface area contributed by atoms with Gasteiger partial charge in [0, 0.05) is 10.4 Å². The molecule has 0 saturated carbocycles. The first-order valence-electron chi connectivity index (χ1n) is 12.3. The van der Waals surface area contributed by atoms with Gasteiger partial charge in [-0.15, -0.1) is 11.3 Å². The molecule has 2 amide bonds. The number of nitrogens with zero attached hydrogens (tertiary/aromatic N) is 1. The second-order valence-electron chi connectivity index (χ2n) is 8.34. The molecule has 11 heteroatoms. The van der Waals surface area contributed by atoms with Gasteiger partial charge in [0.25, 0.3) is 11.8 Å². The molecule has 39 heavy (non-hydrogen) atoms. The van der Waals surface area contributed by atoms with Crippen LogP contribution in [0.15, 0.2) is 47.6 Å². The van der Waals surface area contributed by atoms with Crippen LogP contribution in [0, 0.1) is 13.8 Å². The summed E-state index contributed by atoms with van der Waals surface area (Å²) in [5.41, 5.74) is 4.51. The molecule has 206 valence electrons. The van der Waals surface area contributed by atoms with Crippen LogP contribution in [0.25, 0.3) is 0 Å². The van der Waals surface area contributed by atoms with E-state index >= 15 is 0 Å². The number of hydrogen-bond donors (Lipinski definition) is 3. The molecule has 0 unspecified atom stereocenters. The first kappa shape index (κ1) is 29.2. The molecule has 0 bridgehead atoms. The van der Waals surface area contributed by atoms with E-state index in [0.29, 0.717) is 39.8 Å². The minimum Gasteiger partial charge on any atom is -0.504 e. The monoisotopic (exact) mass is 553 g/mol. The summed E-state index contributed by atoms with van der Waals surface area (Å²) in [5, 5.41) is 16.9. The van der Waals surface area contributed by atoms with Crippen LogP contribution in [0.1, 0.15) is 57.5 Å². The number of rotatable bonds is 11. The summed E-state index contributed by atoms with van der Waals surface area (Å²) in [6, 6.07) is 11.0. The van der Waals surface area contributed by atoms with Crippen LogP contribution in [0.4, 0.5) is 5.00 Å². The maximum atomic E-state index is 12.8. The lowest BCUT2D eigenvalue weighted by Crippen LogP contribution is -2.33. The molecule has 1 atom stereocenters. The Morgan fingerprint density at radius 3 is 2.46 bits per heavy atom. The van der Waals surface area contributed by atoms with Crippen molar-refractivity contribution in [2.75, 3.05) is 18.5 Å². The number of esters is 1. The van der Waals surface area contributed by atoms with Crippen LogP contribution < -0.4 is 20.2 Å². The third kappa shape index (κ3) is 7.57. The van der Waals surface area contributed by atoms with E-state index in [1.54, 1.807) is 57.2 Å². The maximum Gasteiger partial charge on any atom is 0.341 e. The average molecular weight is 554 g/mol. The molecule has 0 aliphatic rings. The zero-order valence-electron chi connectivity index (χ0n) is 22.4. The van der Waals surface area contributed by atoms with Gasteiger partial charge in [0.15, 0.2) is 17.6 Å². The summed E-state index contributed by atoms with van der Waals surface area (Å²) in [5.74, 6) is -0.633. The molecule has 0 aliphatic heterocycles. The van der Waals surface area contributed by atoms with Crippen LogP contribution >= 0.6 is 11.3 Å². The number of carbonyl (C=O) groups excluding carboxylic acids is 3. The van der Waals surface area contributed by atoms with E-state index in [1.807, 2.05) is 13.8 Å². The lowest BCUT2D eigenvalue weighted by Gasteiger charge is -2.13. The summed E-state index contributed by atoms with van der Waals surface area (Å²) in [4.78, 5) is 38.5. The van der Waals surface area contributed by atoms with Crippen molar-refractivity contribution in [1.29, 1.82) is 0 Å². The van der Waals surface area contributed by atoms with Crippen molar-refractivity contribution >= 4 is 40.3 Å². The second-order valence-corrected chi connectivity index (χ2v) is 9.57. The number of carbonyl (C=O) groups is 3. The quantitative estimate of drug-likeness (QED) is 0.176. The number of ether oxygens (including phenoxy) is 3. The lowest BCUT2D eigenvalue weighted by molar-refractivity contribution is -0.127. The van der Waals surface area contributed by atoms with Gasteiger partial charge in [0.2, 0.25) is 0 Å². The van der Waals surface area contributed by atoms with Crippen molar-refractivity contribution in [3.05, 3.63) is 69.6 Å². The molecule has 1 heterocycles. The Morgan fingerprint density at radius 1 is 1.08 bits per heavy atom. The van der Waals surface area contributed by atoms with Gasteiger partial charge in [-0.3, -0.25) is 9.59 Å². The first-order chi connectivity index (χ1) is 18.6. The van der Waals surface area contributed by atoms with E-state index < -0.39 is 23.9 Å². The minimum atomic E-state index is -0.871. The number of phenols is 1. The maximum absolute atomic E-state index is 12.8. The lowest BCUT2D eigenvalue weighted by atomic mass is 10.1. The van der Waals surface area contributed by atoms with Gasteiger partial charge in [-0.25, -0.2) is 10.2 Å². The molecule has 0 spiro atoms. The summed E-state index contributed by atoms with van der Waals surface area (Å²) in [6.07, 6.45) is 0.550. The number of benzene rings is 2. The molecular formula is C28H31N3O7S. The van der Waals surface area contributed by atoms with Gasteiger partial charge in [-0.1, -0.05) is 0 Å². The Morgan fingerprint density at radius 2 is 1.79 bits per heavy atom. The van der Waals surface area contributed by atoms with Crippen molar-refractivity contribution in [3.63, 3.8) is 0 Å².